The number of fused-ring (bicyclic) bond motifs is 1. The lowest BCUT2D eigenvalue weighted by molar-refractivity contribution is -0.0297. The summed E-state index contributed by atoms with van der Waals surface area (Å²) in [5.74, 6) is 0.681. The molecule has 0 aliphatic carbocycles. The predicted molar refractivity (Wildman–Crippen MR) is 102 cm³/mol. The molecule has 0 spiro atoms. The lowest BCUT2D eigenvalue weighted by Crippen LogP contribution is -2.30. The van der Waals surface area contributed by atoms with Crippen LogP contribution in [0.5, 0.6) is 0 Å². The van der Waals surface area contributed by atoms with E-state index in [4.69, 9.17) is 4.74 Å². The van der Waals surface area contributed by atoms with E-state index in [-0.39, 0.29) is 0 Å². The standard InChI is InChI=1S/C17H17IN4O3/c1-9-13(23)14(24)17(25-9)22-7-11(18)12-15(19-8-20-16(12)22)21-10-5-3-2-4-6-10/h2-9,13-14,17,23-24H,1H3,(H,19,20,21)/t9-,13+,14+,17-/m1/s1. The molecule has 1 saturated heterocycles. The van der Waals surface area contributed by atoms with E-state index >= 15 is 0 Å². The molecular weight excluding hydrogens is 435 g/mol. The Morgan fingerprint density at radius 1 is 1.16 bits per heavy atom. The highest BCUT2D eigenvalue weighted by Crippen LogP contribution is 2.35. The summed E-state index contributed by atoms with van der Waals surface area (Å²) in [7, 11) is 0. The van der Waals surface area contributed by atoms with Gasteiger partial charge in [-0.3, -0.25) is 0 Å². The van der Waals surface area contributed by atoms with Crippen LogP contribution in [-0.4, -0.2) is 43.1 Å². The van der Waals surface area contributed by atoms with Crippen molar-refractivity contribution >= 4 is 45.1 Å². The molecular formula is C17H17IN4O3. The molecule has 1 fully saturated rings. The van der Waals surface area contributed by atoms with E-state index in [0.29, 0.717) is 11.5 Å². The van der Waals surface area contributed by atoms with Crippen LogP contribution < -0.4 is 5.32 Å². The molecule has 25 heavy (non-hydrogen) atoms. The Morgan fingerprint density at radius 2 is 1.92 bits per heavy atom. The van der Waals surface area contributed by atoms with Crippen molar-refractivity contribution in [3.05, 3.63) is 46.4 Å². The maximum absolute atomic E-state index is 10.3. The fraction of sp³-hybridized carbons (Fsp3) is 0.294. The Balaban J connectivity index is 1.78. The number of benzene rings is 1. The van der Waals surface area contributed by atoms with Gasteiger partial charge in [0.2, 0.25) is 0 Å². The number of anilines is 2. The summed E-state index contributed by atoms with van der Waals surface area (Å²) in [5, 5.41) is 24.4. The van der Waals surface area contributed by atoms with E-state index in [0.717, 1.165) is 14.6 Å². The van der Waals surface area contributed by atoms with E-state index in [1.54, 1.807) is 11.5 Å². The third kappa shape index (κ3) is 2.88. The zero-order valence-electron chi connectivity index (χ0n) is 13.4. The van der Waals surface area contributed by atoms with Crippen molar-refractivity contribution in [3.63, 3.8) is 0 Å². The predicted octanol–water partition coefficient (Wildman–Crippen LogP) is 2.42. The second-order valence-electron chi connectivity index (χ2n) is 6.01. The Bertz CT molecular complexity index is 902. The number of aliphatic hydroxyl groups excluding tert-OH is 2. The zero-order chi connectivity index (χ0) is 17.6. The quantitative estimate of drug-likeness (QED) is 0.529. The molecule has 1 aliphatic heterocycles. The van der Waals surface area contributed by atoms with E-state index in [9.17, 15) is 10.2 Å². The number of rotatable bonds is 3. The molecule has 4 atom stereocenters. The summed E-state index contributed by atoms with van der Waals surface area (Å²) < 4.78 is 8.41. The normalized spacial score (nSPS) is 26.2. The molecule has 8 heteroatoms. The second-order valence-corrected chi connectivity index (χ2v) is 7.17. The topological polar surface area (TPSA) is 92.4 Å². The van der Waals surface area contributed by atoms with Gasteiger partial charge in [0.05, 0.1) is 11.5 Å². The number of halogens is 1. The molecule has 3 heterocycles. The van der Waals surface area contributed by atoms with E-state index < -0.39 is 24.5 Å². The lowest BCUT2D eigenvalue weighted by Gasteiger charge is -2.17. The second kappa shape index (κ2) is 6.52. The van der Waals surface area contributed by atoms with Gasteiger partial charge in [0.1, 0.15) is 30.0 Å². The highest BCUT2D eigenvalue weighted by Gasteiger charge is 2.42. The van der Waals surface area contributed by atoms with Crippen molar-refractivity contribution in [1.29, 1.82) is 0 Å². The van der Waals surface area contributed by atoms with Crippen LogP contribution in [-0.2, 0) is 4.74 Å². The van der Waals surface area contributed by atoms with Crippen molar-refractivity contribution in [1.82, 2.24) is 14.5 Å². The third-order valence-electron chi connectivity index (χ3n) is 4.35. The molecule has 4 rings (SSSR count). The number of hydrogen-bond acceptors (Lipinski definition) is 6. The number of hydrogen-bond donors (Lipinski definition) is 3. The molecule has 3 N–H and O–H groups in total. The van der Waals surface area contributed by atoms with E-state index in [1.807, 2.05) is 36.5 Å². The summed E-state index contributed by atoms with van der Waals surface area (Å²) in [6.07, 6.45) is 0.260. The van der Waals surface area contributed by atoms with E-state index in [1.165, 1.54) is 6.33 Å². The molecule has 130 valence electrons. The van der Waals surface area contributed by atoms with Gasteiger partial charge >= 0.3 is 0 Å². The summed E-state index contributed by atoms with van der Waals surface area (Å²) in [4.78, 5) is 8.73. The van der Waals surface area contributed by atoms with Crippen LogP contribution in [0.25, 0.3) is 11.0 Å². The van der Waals surface area contributed by atoms with Crippen molar-refractivity contribution in [2.45, 2.75) is 31.5 Å². The van der Waals surface area contributed by atoms with Crippen LogP contribution in [0.3, 0.4) is 0 Å². The van der Waals surface area contributed by atoms with Gasteiger partial charge in [0.25, 0.3) is 0 Å². The maximum Gasteiger partial charge on any atom is 0.164 e. The van der Waals surface area contributed by atoms with Gasteiger partial charge in [-0.2, -0.15) is 0 Å². The average Bonchev–Trinajstić information content (AvgIpc) is 3.08. The molecule has 0 radical (unpaired) electrons. The number of aliphatic hydroxyl groups is 2. The van der Waals surface area contributed by atoms with Gasteiger partial charge in [-0.05, 0) is 41.6 Å². The fourth-order valence-corrected chi connectivity index (χ4v) is 3.84. The summed E-state index contributed by atoms with van der Waals surface area (Å²) in [6.45, 7) is 1.74. The molecule has 0 amide bonds. The Morgan fingerprint density at radius 3 is 2.60 bits per heavy atom. The number of aromatic nitrogens is 3. The number of nitrogens with zero attached hydrogens (tertiary/aromatic N) is 3. The first-order chi connectivity index (χ1) is 12.1. The van der Waals surface area contributed by atoms with Gasteiger partial charge in [0, 0.05) is 15.5 Å². The molecule has 1 aliphatic rings. The summed E-state index contributed by atoms with van der Waals surface area (Å²) in [6, 6.07) is 9.76. The van der Waals surface area contributed by atoms with Crippen LogP contribution >= 0.6 is 22.6 Å². The van der Waals surface area contributed by atoms with Crippen LogP contribution in [0.1, 0.15) is 13.2 Å². The SMILES string of the molecule is C[C@H]1O[C@@H](n2cc(I)c3c(Nc4ccccc4)ncnc32)[C@@H](O)[C@H]1O. The van der Waals surface area contributed by atoms with Crippen molar-refractivity contribution in [2.75, 3.05) is 5.32 Å². The number of nitrogens with one attached hydrogen (secondary N) is 1. The van der Waals surface area contributed by atoms with Crippen molar-refractivity contribution in [3.8, 4) is 0 Å². The molecule has 7 nitrogen and oxygen atoms in total. The first-order valence-electron chi connectivity index (χ1n) is 7.91. The fourth-order valence-electron chi connectivity index (χ4n) is 3.04. The van der Waals surface area contributed by atoms with Crippen LogP contribution in [0, 0.1) is 3.57 Å². The minimum Gasteiger partial charge on any atom is -0.388 e. The third-order valence-corrected chi connectivity index (χ3v) is 5.17. The molecule has 3 aromatic rings. The van der Waals surface area contributed by atoms with Gasteiger partial charge in [-0.25, -0.2) is 9.97 Å². The van der Waals surface area contributed by atoms with Crippen LogP contribution in [0.4, 0.5) is 11.5 Å². The van der Waals surface area contributed by atoms with Crippen molar-refractivity contribution < 1.29 is 14.9 Å². The van der Waals surface area contributed by atoms with Gasteiger partial charge < -0.3 is 24.8 Å². The monoisotopic (exact) mass is 452 g/mol. The number of ether oxygens (including phenoxy) is 1. The Hall–Kier alpha value is -1.75. The largest absolute Gasteiger partial charge is 0.388 e. The number of para-hydroxylation sites is 1. The van der Waals surface area contributed by atoms with Gasteiger partial charge in [-0.15, -0.1) is 0 Å². The highest BCUT2D eigenvalue weighted by atomic mass is 127. The highest BCUT2D eigenvalue weighted by molar-refractivity contribution is 14.1. The minimum atomic E-state index is -1.01. The van der Waals surface area contributed by atoms with Crippen molar-refractivity contribution in [2.24, 2.45) is 0 Å². The molecule has 0 bridgehead atoms. The molecule has 0 saturated carbocycles. The van der Waals surface area contributed by atoms with Crippen LogP contribution in [0.15, 0.2) is 42.9 Å². The van der Waals surface area contributed by atoms with Gasteiger partial charge in [0.15, 0.2) is 6.23 Å². The molecule has 0 unspecified atom stereocenters. The van der Waals surface area contributed by atoms with Gasteiger partial charge in [-0.1, -0.05) is 18.2 Å². The zero-order valence-corrected chi connectivity index (χ0v) is 15.5. The van der Waals surface area contributed by atoms with E-state index in [2.05, 4.69) is 37.9 Å². The summed E-state index contributed by atoms with van der Waals surface area (Å²) >= 11 is 2.21. The Labute approximate surface area is 157 Å². The summed E-state index contributed by atoms with van der Waals surface area (Å²) in [5.41, 5.74) is 1.57. The lowest BCUT2D eigenvalue weighted by atomic mass is 10.1. The smallest absolute Gasteiger partial charge is 0.164 e. The molecule has 1 aromatic carbocycles. The van der Waals surface area contributed by atoms with Crippen LogP contribution in [0.2, 0.25) is 0 Å². The maximum atomic E-state index is 10.3. The first kappa shape index (κ1) is 16.7. The first-order valence-corrected chi connectivity index (χ1v) is 8.99. The average molecular weight is 452 g/mol. The minimum absolute atomic E-state index is 0.445. The molecule has 2 aromatic heterocycles. The Kier molecular flexibility index (Phi) is 4.36.